The Bertz CT molecular complexity index is 295. The van der Waals surface area contributed by atoms with Gasteiger partial charge in [-0.15, -0.1) is 0 Å². The first-order valence-corrected chi connectivity index (χ1v) is 6.25. The summed E-state index contributed by atoms with van der Waals surface area (Å²) in [6.45, 7) is 8.75. The van der Waals surface area contributed by atoms with Gasteiger partial charge in [0.25, 0.3) is 0 Å². The highest BCUT2D eigenvalue weighted by Crippen LogP contribution is 2.22. The number of hydrogen-bond donors (Lipinski definition) is 1. The van der Waals surface area contributed by atoms with Crippen molar-refractivity contribution in [3.05, 3.63) is 0 Å². The van der Waals surface area contributed by atoms with Crippen molar-refractivity contribution in [3.63, 3.8) is 0 Å². The number of aliphatic hydroxyl groups is 1. The summed E-state index contributed by atoms with van der Waals surface area (Å²) in [6.07, 6.45) is 0.433. The molecule has 1 amide bonds. The fourth-order valence-corrected chi connectivity index (χ4v) is 2.26. The van der Waals surface area contributed by atoms with E-state index in [1.165, 1.54) is 0 Å². The smallest absolute Gasteiger partial charge is 0.410 e. The number of carbonyl (C=O) groups is 1. The average Bonchev–Trinajstić information content (AvgIpc) is 2.45. The van der Waals surface area contributed by atoms with E-state index in [1.807, 2.05) is 20.8 Å². The van der Waals surface area contributed by atoms with Crippen molar-refractivity contribution in [2.24, 2.45) is 0 Å². The minimum atomic E-state index is -0.425. The predicted octanol–water partition coefficient (Wildman–Crippen LogP) is 0.672. The zero-order chi connectivity index (χ0) is 12.6. The molecule has 0 bridgehead atoms. The van der Waals surface area contributed by atoms with Crippen molar-refractivity contribution < 1.29 is 14.6 Å². The standard InChI is InChI=1S/C12H22N2O3/c1-12(2,3)17-11(16)14-6-9(7-14)13-5-4-10(15)8-13/h9-10,15H,4-8H2,1-3H3. The topological polar surface area (TPSA) is 53.0 Å². The van der Waals surface area contributed by atoms with Gasteiger partial charge in [0.1, 0.15) is 5.60 Å². The SMILES string of the molecule is CC(C)(C)OC(=O)N1CC(N2CCC(O)C2)C1. The van der Waals surface area contributed by atoms with E-state index < -0.39 is 5.60 Å². The zero-order valence-corrected chi connectivity index (χ0v) is 10.8. The van der Waals surface area contributed by atoms with Crippen LogP contribution < -0.4 is 0 Å². The number of nitrogens with zero attached hydrogens (tertiary/aromatic N) is 2. The van der Waals surface area contributed by atoms with Crippen LogP contribution in [0.3, 0.4) is 0 Å². The molecule has 2 heterocycles. The average molecular weight is 242 g/mol. The summed E-state index contributed by atoms with van der Waals surface area (Å²) in [5.74, 6) is 0. The quantitative estimate of drug-likeness (QED) is 0.734. The highest BCUT2D eigenvalue weighted by atomic mass is 16.6. The molecule has 1 atom stereocenters. The molecule has 0 aliphatic carbocycles. The van der Waals surface area contributed by atoms with E-state index in [2.05, 4.69) is 4.90 Å². The maximum Gasteiger partial charge on any atom is 0.410 e. The van der Waals surface area contributed by atoms with Crippen molar-refractivity contribution in [2.75, 3.05) is 26.2 Å². The van der Waals surface area contributed by atoms with Crippen LogP contribution in [0.15, 0.2) is 0 Å². The summed E-state index contributed by atoms with van der Waals surface area (Å²) in [4.78, 5) is 15.7. The van der Waals surface area contributed by atoms with Gasteiger partial charge in [0.2, 0.25) is 0 Å². The van der Waals surface area contributed by atoms with Gasteiger partial charge < -0.3 is 14.7 Å². The van der Waals surface area contributed by atoms with Crippen LogP contribution in [0.5, 0.6) is 0 Å². The third kappa shape index (κ3) is 3.10. The Balaban J connectivity index is 1.73. The summed E-state index contributed by atoms with van der Waals surface area (Å²) >= 11 is 0. The van der Waals surface area contributed by atoms with Gasteiger partial charge in [0.15, 0.2) is 0 Å². The second kappa shape index (κ2) is 4.46. The first-order valence-electron chi connectivity index (χ1n) is 6.25. The molecule has 2 aliphatic heterocycles. The first-order chi connectivity index (χ1) is 7.85. The minimum Gasteiger partial charge on any atom is -0.444 e. The van der Waals surface area contributed by atoms with Crippen LogP contribution in [0.25, 0.3) is 0 Å². The number of likely N-dealkylation sites (tertiary alicyclic amines) is 2. The van der Waals surface area contributed by atoms with Gasteiger partial charge in [-0.05, 0) is 27.2 Å². The molecule has 0 aromatic rings. The number of amides is 1. The molecule has 0 aromatic heterocycles. The van der Waals surface area contributed by atoms with E-state index >= 15 is 0 Å². The molecule has 0 spiro atoms. The second-order valence-corrected chi connectivity index (χ2v) is 5.98. The lowest BCUT2D eigenvalue weighted by Crippen LogP contribution is -2.61. The monoisotopic (exact) mass is 242 g/mol. The molecule has 2 fully saturated rings. The highest BCUT2D eigenvalue weighted by molar-refractivity contribution is 5.69. The number of ether oxygens (including phenoxy) is 1. The normalized spacial score (nSPS) is 27.1. The molecule has 0 aromatic carbocycles. The molecule has 2 saturated heterocycles. The number of carbonyl (C=O) groups excluding carboxylic acids is 1. The fourth-order valence-electron chi connectivity index (χ4n) is 2.26. The number of hydrogen-bond acceptors (Lipinski definition) is 4. The van der Waals surface area contributed by atoms with Gasteiger partial charge in [-0.3, -0.25) is 4.90 Å². The predicted molar refractivity (Wildman–Crippen MR) is 63.8 cm³/mol. The molecule has 1 N–H and O–H groups in total. The van der Waals surface area contributed by atoms with Crippen LogP contribution in [-0.2, 0) is 4.74 Å². The third-order valence-corrected chi connectivity index (χ3v) is 3.23. The van der Waals surface area contributed by atoms with Gasteiger partial charge >= 0.3 is 6.09 Å². The van der Waals surface area contributed by atoms with E-state index in [9.17, 15) is 9.90 Å². The van der Waals surface area contributed by atoms with E-state index in [0.29, 0.717) is 6.04 Å². The van der Waals surface area contributed by atoms with Crippen molar-refractivity contribution in [1.29, 1.82) is 0 Å². The Morgan fingerprint density at radius 2 is 1.94 bits per heavy atom. The van der Waals surface area contributed by atoms with Crippen LogP contribution in [0.1, 0.15) is 27.2 Å². The summed E-state index contributed by atoms with van der Waals surface area (Å²) in [5, 5.41) is 9.45. The third-order valence-electron chi connectivity index (χ3n) is 3.23. The number of rotatable bonds is 1. The molecule has 17 heavy (non-hydrogen) atoms. The van der Waals surface area contributed by atoms with Gasteiger partial charge in [0.05, 0.1) is 6.10 Å². The maximum atomic E-state index is 11.7. The summed E-state index contributed by atoms with van der Waals surface area (Å²) in [7, 11) is 0. The molecule has 2 aliphatic rings. The first kappa shape index (κ1) is 12.6. The van der Waals surface area contributed by atoms with Gasteiger partial charge in [-0.2, -0.15) is 0 Å². The van der Waals surface area contributed by atoms with Crippen LogP contribution >= 0.6 is 0 Å². The summed E-state index contributed by atoms with van der Waals surface area (Å²) in [6, 6.07) is 0.402. The Labute approximate surface area is 102 Å². The van der Waals surface area contributed by atoms with Crippen LogP contribution in [0.2, 0.25) is 0 Å². The van der Waals surface area contributed by atoms with Gasteiger partial charge in [0, 0.05) is 32.2 Å². The largest absolute Gasteiger partial charge is 0.444 e. The van der Waals surface area contributed by atoms with Crippen LogP contribution in [0, 0.1) is 0 Å². The molecule has 1 unspecified atom stereocenters. The maximum absolute atomic E-state index is 11.7. The van der Waals surface area contributed by atoms with Crippen LogP contribution in [-0.4, -0.2) is 64.9 Å². The molecule has 5 heteroatoms. The zero-order valence-electron chi connectivity index (χ0n) is 10.8. The molecule has 2 rings (SSSR count). The molecular weight excluding hydrogens is 220 g/mol. The van der Waals surface area contributed by atoms with E-state index in [1.54, 1.807) is 4.90 Å². The Morgan fingerprint density at radius 3 is 2.41 bits per heavy atom. The Morgan fingerprint density at radius 1 is 1.29 bits per heavy atom. The van der Waals surface area contributed by atoms with E-state index in [0.717, 1.165) is 32.6 Å². The van der Waals surface area contributed by atoms with Gasteiger partial charge in [-0.25, -0.2) is 4.79 Å². The summed E-state index contributed by atoms with van der Waals surface area (Å²) < 4.78 is 5.29. The minimum absolute atomic E-state index is 0.189. The van der Waals surface area contributed by atoms with Crippen molar-refractivity contribution in [1.82, 2.24) is 9.80 Å². The van der Waals surface area contributed by atoms with Gasteiger partial charge in [-0.1, -0.05) is 0 Å². The lowest BCUT2D eigenvalue weighted by atomic mass is 10.1. The molecule has 5 nitrogen and oxygen atoms in total. The number of β-amino-alcohol motifs (C(OH)–C–C–N with tert-alkyl or cyclic N) is 1. The molecule has 0 radical (unpaired) electrons. The van der Waals surface area contributed by atoms with E-state index in [-0.39, 0.29) is 12.2 Å². The van der Waals surface area contributed by atoms with Crippen LogP contribution in [0.4, 0.5) is 4.79 Å². The van der Waals surface area contributed by atoms with Crippen molar-refractivity contribution in [2.45, 2.75) is 44.9 Å². The van der Waals surface area contributed by atoms with E-state index in [4.69, 9.17) is 4.74 Å². The second-order valence-electron chi connectivity index (χ2n) is 5.98. The fraction of sp³-hybridized carbons (Fsp3) is 0.917. The number of aliphatic hydroxyl groups excluding tert-OH is 1. The Hall–Kier alpha value is -0.810. The molecule has 98 valence electrons. The summed E-state index contributed by atoms with van der Waals surface area (Å²) in [5.41, 5.74) is -0.425. The molecular formula is C12H22N2O3. The molecule has 0 saturated carbocycles. The lowest BCUT2D eigenvalue weighted by Gasteiger charge is -2.44. The Kier molecular flexibility index (Phi) is 3.32. The van der Waals surface area contributed by atoms with Crippen molar-refractivity contribution >= 4 is 6.09 Å². The highest BCUT2D eigenvalue weighted by Gasteiger charge is 2.39. The van der Waals surface area contributed by atoms with Crippen molar-refractivity contribution in [3.8, 4) is 0 Å². The lowest BCUT2D eigenvalue weighted by molar-refractivity contribution is -0.0128.